The maximum atomic E-state index is 11.9. The van der Waals surface area contributed by atoms with Crippen LogP contribution in [0.2, 0.25) is 0 Å². The van der Waals surface area contributed by atoms with Gasteiger partial charge in [-0.3, -0.25) is 4.79 Å². The summed E-state index contributed by atoms with van der Waals surface area (Å²) < 4.78 is 1.86. The lowest BCUT2D eigenvalue weighted by atomic mass is 10.3. The molecule has 6 heteroatoms. The number of thiophene rings is 1. The van der Waals surface area contributed by atoms with Crippen LogP contribution in [0.25, 0.3) is 0 Å². The van der Waals surface area contributed by atoms with Gasteiger partial charge in [0.1, 0.15) is 5.82 Å². The number of pyridine rings is 1. The summed E-state index contributed by atoms with van der Waals surface area (Å²) in [5.74, 6) is 0.390. The van der Waals surface area contributed by atoms with E-state index in [0.29, 0.717) is 10.7 Å². The molecule has 1 N–H and O–H groups in total. The zero-order valence-electron chi connectivity index (χ0n) is 8.83. The van der Waals surface area contributed by atoms with Crippen molar-refractivity contribution in [2.24, 2.45) is 0 Å². The molecule has 0 atom stereocenters. The topological polar surface area (TPSA) is 42.0 Å². The molecule has 2 heterocycles. The van der Waals surface area contributed by atoms with Gasteiger partial charge in [-0.2, -0.15) is 0 Å². The summed E-state index contributed by atoms with van der Waals surface area (Å²) >= 11 is 8.14. The van der Waals surface area contributed by atoms with Gasteiger partial charge in [-0.25, -0.2) is 4.98 Å². The maximum Gasteiger partial charge on any atom is 0.266 e. The third kappa shape index (κ3) is 3.14. The van der Waals surface area contributed by atoms with Crippen LogP contribution in [0.15, 0.2) is 32.7 Å². The second-order valence-corrected chi connectivity index (χ2v) is 6.67. The lowest BCUT2D eigenvalue weighted by Gasteiger charge is -2.02. The molecule has 0 saturated heterocycles. The first-order valence-corrected chi connectivity index (χ1v) is 7.15. The van der Waals surface area contributed by atoms with E-state index in [1.165, 1.54) is 11.3 Å². The third-order valence-corrected chi connectivity index (χ3v) is 4.67. The standard InChI is InChI=1S/C11H8Br2N2OS/c1-6-4-8(17-10(6)13)11(16)15-9-5-7(12)2-3-14-9/h2-5H,1H3,(H,14,15,16). The molecule has 17 heavy (non-hydrogen) atoms. The molecule has 0 spiro atoms. The lowest BCUT2D eigenvalue weighted by molar-refractivity contribution is 0.103. The number of aromatic nitrogens is 1. The summed E-state index contributed by atoms with van der Waals surface area (Å²) in [6.07, 6.45) is 1.63. The van der Waals surface area contributed by atoms with Crippen LogP contribution >= 0.6 is 43.2 Å². The van der Waals surface area contributed by atoms with Crippen molar-refractivity contribution in [2.75, 3.05) is 5.32 Å². The van der Waals surface area contributed by atoms with E-state index >= 15 is 0 Å². The van der Waals surface area contributed by atoms with Crippen LogP contribution in [0.3, 0.4) is 0 Å². The van der Waals surface area contributed by atoms with E-state index in [1.807, 2.05) is 19.1 Å². The van der Waals surface area contributed by atoms with Crippen molar-refractivity contribution in [1.29, 1.82) is 0 Å². The first kappa shape index (κ1) is 12.7. The predicted octanol–water partition coefficient (Wildman–Crippen LogP) is 4.23. The summed E-state index contributed by atoms with van der Waals surface area (Å²) in [7, 11) is 0. The van der Waals surface area contributed by atoms with Crippen molar-refractivity contribution in [3.63, 3.8) is 0 Å². The molecule has 2 aromatic heterocycles. The van der Waals surface area contributed by atoms with E-state index in [2.05, 4.69) is 42.2 Å². The van der Waals surface area contributed by atoms with Crippen LogP contribution < -0.4 is 5.32 Å². The quantitative estimate of drug-likeness (QED) is 0.853. The Labute approximate surface area is 120 Å². The molecular formula is C11H8Br2N2OS. The molecule has 2 rings (SSSR count). The summed E-state index contributed by atoms with van der Waals surface area (Å²) in [6.45, 7) is 1.95. The van der Waals surface area contributed by atoms with E-state index < -0.39 is 0 Å². The summed E-state index contributed by atoms with van der Waals surface area (Å²) in [5, 5.41) is 2.75. The van der Waals surface area contributed by atoms with Crippen LogP contribution in [0.5, 0.6) is 0 Å². The van der Waals surface area contributed by atoms with Gasteiger partial charge in [0.25, 0.3) is 5.91 Å². The Balaban J connectivity index is 2.17. The van der Waals surface area contributed by atoms with Crippen molar-refractivity contribution in [3.8, 4) is 0 Å². The molecule has 1 amide bonds. The molecule has 0 saturated carbocycles. The second kappa shape index (κ2) is 5.29. The molecule has 0 radical (unpaired) electrons. The van der Waals surface area contributed by atoms with E-state index in [1.54, 1.807) is 12.3 Å². The molecule has 2 aromatic rings. The molecule has 0 fully saturated rings. The molecule has 3 nitrogen and oxygen atoms in total. The Hall–Kier alpha value is -0.720. The Morgan fingerprint density at radius 2 is 2.18 bits per heavy atom. The van der Waals surface area contributed by atoms with Gasteiger partial charge in [0, 0.05) is 10.7 Å². The zero-order valence-corrected chi connectivity index (χ0v) is 12.8. The van der Waals surface area contributed by atoms with Crippen LogP contribution in [0.1, 0.15) is 15.2 Å². The SMILES string of the molecule is Cc1cc(C(=O)Nc2cc(Br)ccn2)sc1Br. The number of rotatable bonds is 2. The molecule has 0 aliphatic carbocycles. The Bertz CT molecular complexity index is 549. The molecule has 0 bridgehead atoms. The smallest absolute Gasteiger partial charge is 0.266 e. The van der Waals surface area contributed by atoms with Crippen molar-refractivity contribution < 1.29 is 4.79 Å². The minimum absolute atomic E-state index is 0.144. The number of anilines is 1. The summed E-state index contributed by atoms with van der Waals surface area (Å²) in [6, 6.07) is 5.41. The van der Waals surface area contributed by atoms with Crippen LogP contribution in [-0.2, 0) is 0 Å². The van der Waals surface area contributed by atoms with Gasteiger partial charge in [-0.15, -0.1) is 11.3 Å². The first-order chi connectivity index (χ1) is 8.06. The number of nitrogens with one attached hydrogen (secondary N) is 1. The minimum atomic E-state index is -0.144. The molecular weight excluding hydrogens is 368 g/mol. The fourth-order valence-electron chi connectivity index (χ4n) is 1.22. The lowest BCUT2D eigenvalue weighted by Crippen LogP contribution is -2.11. The Morgan fingerprint density at radius 1 is 1.41 bits per heavy atom. The van der Waals surface area contributed by atoms with Gasteiger partial charge in [0.2, 0.25) is 0 Å². The Morgan fingerprint density at radius 3 is 2.76 bits per heavy atom. The average molecular weight is 376 g/mol. The van der Waals surface area contributed by atoms with Crippen molar-refractivity contribution in [2.45, 2.75) is 6.92 Å². The molecule has 88 valence electrons. The fraction of sp³-hybridized carbons (Fsp3) is 0.0909. The number of carbonyl (C=O) groups is 1. The number of carbonyl (C=O) groups excluding carboxylic acids is 1. The number of hydrogen-bond donors (Lipinski definition) is 1. The molecule has 0 aromatic carbocycles. The van der Waals surface area contributed by atoms with Gasteiger partial charge in [0.05, 0.1) is 8.66 Å². The number of hydrogen-bond acceptors (Lipinski definition) is 3. The zero-order chi connectivity index (χ0) is 12.4. The van der Waals surface area contributed by atoms with Crippen LogP contribution in [-0.4, -0.2) is 10.9 Å². The Kier molecular flexibility index (Phi) is 3.96. The fourth-order valence-corrected chi connectivity index (χ4v) is 2.99. The van der Waals surface area contributed by atoms with Gasteiger partial charge in [-0.1, -0.05) is 15.9 Å². The average Bonchev–Trinajstić information content (AvgIpc) is 2.59. The van der Waals surface area contributed by atoms with Gasteiger partial charge in [-0.05, 0) is 46.6 Å². The van der Waals surface area contributed by atoms with Crippen LogP contribution in [0.4, 0.5) is 5.82 Å². The predicted molar refractivity (Wildman–Crippen MR) is 76.6 cm³/mol. The van der Waals surface area contributed by atoms with Gasteiger partial charge < -0.3 is 5.32 Å². The van der Waals surface area contributed by atoms with Crippen molar-refractivity contribution in [3.05, 3.63) is 43.1 Å². The summed E-state index contributed by atoms with van der Waals surface area (Å²) in [4.78, 5) is 16.6. The van der Waals surface area contributed by atoms with E-state index in [0.717, 1.165) is 13.8 Å². The number of halogens is 2. The van der Waals surface area contributed by atoms with Gasteiger partial charge in [0.15, 0.2) is 0 Å². The molecule has 0 unspecified atom stereocenters. The largest absolute Gasteiger partial charge is 0.306 e. The highest BCUT2D eigenvalue weighted by Crippen LogP contribution is 2.27. The van der Waals surface area contributed by atoms with E-state index in [4.69, 9.17) is 0 Å². The number of amides is 1. The third-order valence-electron chi connectivity index (χ3n) is 2.04. The first-order valence-electron chi connectivity index (χ1n) is 4.75. The highest BCUT2D eigenvalue weighted by atomic mass is 79.9. The monoisotopic (exact) mass is 374 g/mol. The number of aryl methyl sites for hydroxylation is 1. The van der Waals surface area contributed by atoms with Crippen LogP contribution in [0, 0.1) is 6.92 Å². The maximum absolute atomic E-state index is 11.9. The van der Waals surface area contributed by atoms with E-state index in [-0.39, 0.29) is 5.91 Å². The van der Waals surface area contributed by atoms with Crippen molar-refractivity contribution in [1.82, 2.24) is 4.98 Å². The minimum Gasteiger partial charge on any atom is -0.306 e. The highest BCUT2D eigenvalue weighted by molar-refractivity contribution is 9.11. The highest BCUT2D eigenvalue weighted by Gasteiger charge is 2.11. The molecule has 0 aliphatic rings. The van der Waals surface area contributed by atoms with Crippen molar-refractivity contribution >= 4 is 54.9 Å². The van der Waals surface area contributed by atoms with Gasteiger partial charge >= 0.3 is 0 Å². The normalized spacial score (nSPS) is 10.3. The van der Waals surface area contributed by atoms with E-state index in [9.17, 15) is 4.79 Å². The second-order valence-electron chi connectivity index (χ2n) is 3.38. The molecule has 0 aliphatic heterocycles. The number of nitrogens with zero attached hydrogens (tertiary/aromatic N) is 1. The summed E-state index contributed by atoms with van der Waals surface area (Å²) in [5.41, 5.74) is 1.06.